The van der Waals surface area contributed by atoms with Gasteiger partial charge in [0.25, 0.3) is 5.91 Å². The Morgan fingerprint density at radius 1 is 1.67 bits per heavy atom. The average molecular weight is 159 g/mol. The Balaban J connectivity index is -0.000000245. The SMILES string of the molecule is CCC(=O)N=S(=O)=O.[H-].[Na+]. The molecule has 0 aliphatic heterocycles. The summed E-state index contributed by atoms with van der Waals surface area (Å²) in [5, 5.41) is 0. The van der Waals surface area contributed by atoms with E-state index in [1.54, 1.807) is 6.92 Å². The van der Waals surface area contributed by atoms with Gasteiger partial charge in [0, 0.05) is 6.42 Å². The van der Waals surface area contributed by atoms with Crippen LogP contribution in [0.5, 0.6) is 0 Å². The molecule has 0 bridgehead atoms. The van der Waals surface area contributed by atoms with Crippen LogP contribution < -0.4 is 29.6 Å². The van der Waals surface area contributed by atoms with Crippen LogP contribution in [0.2, 0.25) is 0 Å². The van der Waals surface area contributed by atoms with Crippen molar-refractivity contribution in [1.29, 1.82) is 0 Å². The number of amides is 1. The van der Waals surface area contributed by atoms with Crippen molar-refractivity contribution in [2.45, 2.75) is 13.3 Å². The minimum atomic E-state index is -2.57. The number of rotatable bonds is 1. The van der Waals surface area contributed by atoms with Gasteiger partial charge >= 0.3 is 40.1 Å². The number of carbonyl (C=O) groups is 1. The zero-order valence-electron chi connectivity index (χ0n) is 6.29. The molecule has 6 heteroatoms. The van der Waals surface area contributed by atoms with E-state index in [0.717, 1.165) is 0 Å². The van der Waals surface area contributed by atoms with Gasteiger partial charge in [0.15, 0.2) is 0 Å². The normalized spacial score (nSPS) is 7.22. The maximum absolute atomic E-state index is 10.1. The largest absolute Gasteiger partial charge is 1.00 e. The molecule has 0 unspecified atom stereocenters. The van der Waals surface area contributed by atoms with E-state index in [4.69, 9.17) is 0 Å². The quantitative estimate of drug-likeness (QED) is 0.385. The molecule has 0 N–H and O–H groups in total. The third kappa shape index (κ3) is 8.29. The van der Waals surface area contributed by atoms with E-state index in [2.05, 4.69) is 4.36 Å². The molecule has 1 amide bonds. The molecule has 0 aliphatic carbocycles. The van der Waals surface area contributed by atoms with Crippen molar-refractivity contribution in [1.82, 2.24) is 0 Å². The standard InChI is InChI=1S/C3H5NO3S.Na.H/c1-2-3(5)4-8(6)7;;/h2H2,1H3;;/q;+1;-1. The Hall–Kier alpha value is 0.290. The molecule has 0 aromatic heterocycles. The van der Waals surface area contributed by atoms with Crippen LogP contribution in [0.1, 0.15) is 14.8 Å². The number of hydrogen-bond donors (Lipinski definition) is 0. The molecule has 0 radical (unpaired) electrons. The van der Waals surface area contributed by atoms with Gasteiger partial charge in [0.1, 0.15) is 0 Å². The molecular weight excluding hydrogens is 153 g/mol. The van der Waals surface area contributed by atoms with Gasteiger partial charge in [-0.25, -0.2) is 0 Å². The van der Waals surface area contributed by atoms with Crippen molar-refractivity contribution in [2.75, 3.05) is 0 Å². The summed E-state index contributed by atoms with van der Waals surface area (Å²) in [6.45, 7) is 1.54. The number of nitrogens with zero attached hydrogens (tertiary/aromatic N) is 1. The Morgan fingerprint density at radius 3 is 2.22 bits per heavy atom. The van der Waals surface area contributed by atoms with E-state index in [1.807, 2.05) is 0 Å². The first-order chi connectivity index (χ1) is 3.66. The summed E-state index contributed by atoms with van der Waals surface area (Å²) < 4.78 is 21.8. The van der Waals surface area contributed by atoms with Crippen molar-refractivity contribution in [3.8, 4) is 0 Å². The van der Waals surface area contributed by atoms with E-state index >= 15 is 0 Å². The molecule has 0 spiro atoms. The minimum absolute atomic E-state index is 0. The third-order valence-corrected chi connectivity index (χ3v) is 0.832. The van der Waals surface area contributed by atoms with Crippen molar-refractivity contribution in [2.24, 2.45) is 4.36 Å². The van der Waals surface area contributed by atoms with Crippen LogP contribution in [0.25, 0.3) is 0 Å². The second-order valence-corrected chi connectivity index (χ2v) is 1.67. The summed E-state index contributed by atoms with van der Waals surface area (Å²) in [4.78, 5) is 10.1. The van der Waals surface area contributed by atoms with Crippen LogP contribution in [-0.2, 0) is 15.3 Å². The van der Waals surface area contributed by atoms with Gasteiger partial charge in [-0.2, -0.15) is 8.42 Å². The topological polar surface area (TPSA) is 63.6 Å². The molecule has 0 rings (SSSR count). The summed E-state index contributed by atoms with van der Waals surface area (Å²) in [5.74, 6) is -0.613. The van der Waals surface area contributed by atoms with Gasteiger partial charge in [-0.15, -0.1) is 0 Å². The van der Waals surface area contributed by atoms with E-state index in [9.17, 15) is 13.2 Å². The second-order valence-electron chi connectivity index (χ2n) is 1.06. The molecule has 0 atom stereocenters. The second kappa shape index (κ2) is 6.41. The Bertz CT molecular complexity index is 204. The zero-order valence-corrected chi connectivity index (χ0v) is 8.10. The Morgan fingerprint density at radius 2 is 2.11 bits per heavy atom. The first-order valence-corrected chi connectivity index (χ1v) is 3.04. The van der Waals surface area contributed by atoms with Gasteiger partial charge in [-0.1, -0.05) is 11.3 Å². The van der Waals surface area contributed by atoms with E-state index < -0.39 is 16.4 Å². The van der Waals surface area contributed by atoms with Gasteiger partial charge in [-0.05, 0) is 0 Å². The van der Waals surface area contributed by atoms with E-state index in [0.29, 0.717) is 0 Å². The van der Waals surface area contributed by atoms with Crippen LogP contribution >= 0.6 is 0 Å². The fourth-order valence-corrected chi connectivity index (χ4v) is 0.443. The molecule has 0 aromatic rings. The summed E-state index contributed by atoms with van der Waals surface area (Å²) >= 11 is 0. The maximum atomic E-state index is 10.1. The predicted octanol–water partition coefficient (Wildman–Crippen LogP) is -2.90. The van der Waals surface area contributed by atoms with Crippen LogP contribution in [-0.4, -0.2) is 14.3 Å². The molecule has 0 saturated heterocycles. The van der Waals surface area contributed by atoms with Crippen molar-refractivity contribution >= 4 is 16.4 Å². The van der Waals surface area contributed by atoms with Crippen LogP contribution in [0.15, 0.2) is 4.36 Å². The van der Waals surface area contributed by atoms with Crippen molar-refractivity contribution in [3.63, 3.8) is 0 Å². The molecule has 48 valence electrons. The summed E-state index contributed by atoms with van der Waals surface area (Å²) in [6.07, 6.45) is 0.133. The summed E-state index contributed by atoms with van der Waals surface area (Å²) in [6, 6.07) is 0. The van der Waals surface area contributed by atoms with Gasteiger partial charge < -0.3 is 1.43 Å². The number of carbonyl (C=O) groups excluding carboxylic acids is 1. The first-order valence-electron chi connectivity index (χ1n) is 2.00. The molecule has 0 saturated carbocycles. The molecular formula is C3H6NNaO3S. The predicted molar refractivity (Wildman–Crippen MR) is 27.8 cm³/mol. The van der Waals surface area contributed by atoms with Crippen molar-refractivity contribution < 1.29 is 44.2 Å². The van der Waals surface area contributed by atoms with Gasteiger partial charge in [-0.3, -0.25) is 4.79 Å². The minimum Gasteiger partial charge on any atom is -1.00 e. The fraction of sp³-hybridized carbons (Fsp3) is 0.667. The maximum Gasteiger partial charge on any atom is 1.00 e. The first kappa shape index (κ1) is 12.0. The average Bonchev–Trinajstić information content (AvgIpc) is 1.65. The molecule has 9 heavy (non-hydrogen) atoms. The molecule has 0 aromatic carbocycles. The Kier molecular flexibility index (Phi) is 8.56. The van der Waals surface area contributed by atoms with E-state index in [-0.39, 0.29) is 37.4 Å². The molecule has 0 fully saturated rings. The third-order valence-electron chi connectivity index (χ3n) is 0.479. The van der Waals surface area contributed by atoms with Gasteiger partial charge in [0.05, 0.1) is 0 Å². The molecule has 4 nitrogen and oxygen atoms in total. The van der Waals surface area contributed by atoms with Crippen LogP contribution in [0, 0.1) is 0 Å². The summed E-state index contributed by atoms with van der Waals surface area (Å²) in [5.41, 5.74) is 0. The smallest absolute Gasteiger partial charge is 1.00 e. The monoisotopic (exact) mass is 159 g/mol. The van der Waals surface area contributed by atoms with Gasteiger partial charge in [0.2, 0.25) is 0 Å². The summed E-state index contributed by atoms with van der Waals surface area (Å²) in [7, 11) is -2.57. The van der Waals surface area contributed by atoms with Crippen molar-refractivity contribution in [3.05, 3.63) is 0 Å². The molecule has 0 aliphatic rings. The number of hydrogen-bond acceptors (Lipinski definition) is 3. The van der Waals surface area contributed by atoms with Crippen LogP contribution in [0.4, 0.5) is 0 Å². The van der Waals surface area contributed by atoms with E-state index in [1.165, 1.54) is 0 Å². The fourth-order valence-electron chi connectivity index (χ4n) is 0.148. The zero-order chi connectivity index (χ0) is 6.57. The van der Waals surface area contributed by atoms with Crippen LogP contribution in [0.3, 0.4) is 0 Å². The molecule has 0 heterocycles. The Labute approximate surface area is 78.1 Å².